The molecule has 11 aromatic carbocycles. The first kappa shape index (κ1) is 34.6. The third-order valence-corrected chi connectivity index (χ3v) is 12.8. The first-order chi connectivity index (χ1) is 30.7. The molecular weight excluding hydrogens is 753 g/mol. The van der Waals surface area contributed by atoms with Crippen LogP contribution in [0.2, 0.25) is 0 Å². The molecule has 2 nitrogen and oxygen atoms in total. The van der Waals surface area contributed by atoms with E-state index >= 15 is 0 Å². The third kappa shape index (κ3) is 5.44. The zero-order chi connectivity index (χ0) is 40.7. The van der Waals surface area contributed by atoms with Gasteiger partial charge in [0.05, 0.1) is 0 Å². The van der Waals surface area contributed by atoms with Crippen molar-refractivity contribution in [1.82, 2.24) is 0 Å². The van der Waals surface area contributed by atoms with E-state index in [9.17, 15) is 0 Å². The second-order valence-corrected chi connectivity index (χ2v) is 16.4. The molecule has 2 heterocycles. The van der Waals surface area contributed by atoms with Crippen molar-refractivity contribution in [2.24, 2.45) is 0 Å². The number of fused-ring (bicyclic) bond motifs is 9. The highest BCUT2D eigenvalue weighted by Crippen LogP contribution is 2.46. The van der Waals surface area contributed by atoms with Crippen LogP contribution in [0.1, 0.15) is 0 Å². The summed E-state index contributed by atoms with van der Waals surface area (Å²) < 4.78 is 13.1. The third-order valence-electron chi connectivity index (χ3n) is 12.8. The Labute approximate surface area is 357 Å². The zero-order valence-corrected chi connectivity index (χ0v) is 33.6. The number of para-hydroxylation sites is 1. The second-order valence-electron chi connectivity index (χ2n) is 16.4. The molecule has 62 heavy (non-hydrogen) atoms. The van der Waals surface area contributed by atoms with Crippen LogP contribution in [0.5, 0.6) is 0 Å². The number of furan rings is 2. The Morgan fingerprint density at radius 3 is 1.58 bits per heavy atom. The number of benzene rings is 11. The van der Waals surface area contributed by atoms with Gasteiger partial charge in [0.2, 0.25) is 0 Å². The molecule has 0 aliphatic carbocycles. The highest BCUT2D eigenvalue weighted by Gasteiger charge is 2.20. The van der Waals surface area contributed by atoms with Gasteiger partial charge in [-0.25, -0.2) is 0 Å². The van der Waals surface area contributed by atoms with Crippen LogP contribution in [0, 0.1) is 0 Å². The fourth-order valence-electron chi connectivity index (χ4n) is 9.90. The van der Waals surface area contributed by atoms with Crippen molar-refractivity contribution in [1.29, 1.82) is 0 Å². The van der Waals surface area contributed by atoms with Crippen molar-refractivity contribution in [2.45, 2.75) is 0 Å². The Balaban J connectivity index is 0.995. The minimum atomic E-state index is 0.817. The smallest absolute Gasteiger partial charge is 0.143 e. The van der Waals surface area contributed by atoms with Crippen molar-refractivity contribution >= 4 is 76.2 Å². The fraction of sp³-hybridized carbons (Fsp3) is 0. The highest BCUT2D eigenvalue weighted by molar-refractivity contribution is 6.22. The largest absolute Gasteiger partial charge is 0.456 e. The molecule has 288 valence electrons. The van der Waals surface area contributed by atoms with E-state index in [0.29, 0.717) is 0 Å². The summed E-state index contributed by atoms with van der Waals surface area (Å²) in [4.78, 5) is 0. The number of hydrogen-bond acceptors (Lipinski definition) is 2. The molecule has 2 aromatic heterocycles. The molecule has 0 unspecified atom stereocenters. The molecule has 0 aliphatic rings. The minimum absolute atomic E-state index is 0.817. The lowest BCUT2D eigenvalue weighted by molar-refractivity contribution is 0.656. The lowest BCUT2D eigenvalue weighted by atomic mass is 9.84. The van der Waals surface area contributed by atoms with Crippen molar-refractivity contribution in [2.75, 3.05) is 0 Å². The average molecular weight is 789 g/mol. The first-order valence-electron chi connectivity index (χ1n) is 21.2. The maximum atomic E-state index is 6.57. The van der Waals surface area contributed by atoms with Crippen LogP contribution in [0.3, 0.4) is 0 Å². The van der Waals surface area contributed by atoms with Gasteiger partial charge in [0.1, 0.15) is 22.3 Å². The van der Waals surface area contributed by atoms with Crippen molar-refractivity contribution in [3.8, 4) is 55.6 Å². The van der Waals surface area contributed by atoms with Gasteiger partial charge in [-0.3, -0.25) is 0 Å². The summed E-state index contributed by atoms with van der Waals surface area (Å²) in [6, 6.07) is 79.0. The first-order valence-corrected chi connectivity index (χ1v) is 21.2. The van der Waals surface area contributed by atoms with Crippen LogP contribution < -0.4 is 0 Å². The van der Waals surface area contributed by atoms with E-state index in [2.05, 4.69) is 212 Å². The maximum absolute atomic E-state index is 6.57. The van der Waals surface area contributed by atoms with E-state index in [1.165, 1.54) is 65.7 Å². The van der Waals surface area contributed by atoms with Gasteiger partial charge in [0.15, 0.2) is 0 Å². The van der Waals surface area contributed by atoms with Crippen LogP contribution in [0.4, 0.5) is 0 Å². The van der Waals surface area contributed by atoms with Gasteiger partial charge >= 0.3 is 0 Å². The molecule has 13 rings (SSSR count). The van der Waals surface area contributed by atoms with Crippen LogP contribution in [0.25, 0.3) is 132 Å². The molecule has 13 aromatic rings. The van der Waals surface area contributed by atoms with Crippen molar-refractivity contribution in [3.05, 3.63) is 218 Å². The molecule has 0 aliphatic heterocycles. The van der Waals surface area contributed by atoms with E-state index in [-0.39, 0.29) is 0 Å². The quantitative estimate of drug-likeness (QED) is 0.162. The molecule has 0 spiro atoms. The summed E-state index contributed by atoms with van der Waals surface area (Å²) in [5.74, 6) is 0. The predicted octanol–water partition coefficient (Wildman–Crippen LogP) is 17.3. The van der Waals surface area contributed by atoms with Crippen LogP contribution in [-0.2, 0) is 0 Å². The Morgan fingerprint density at radius 2 is 0.758 bits per heavy atom. The topological polar surface area (TPSA) is 26.3 Å². The summed E-state index contributed by atoms with van der Waals surface area (Å²) in [6.45, 7) is 0. The van der Waals surface area contributed by atoms with Gasteiger partial charge in [0.25, 0.3) is 0 Å². The summed E-state index contributed by atoms with van der Waals surface area (Å²) in [5.41, 5.74) is 15.2. The van der Waals surface area contributed by atoms with Gasteiger partial charge in [-0.1, -0.05) is 176 Å². The van der Waals surface area contributed by atoms with E-state index in [4.69, 9.17) is 8.83 Å². The van der Waals surface area contributed by atoms with Gasteiger partial charge in [-0.2, -0.15) is 0 Å². The predicted molar refractivity (Wildman–Crippen MR) is 261 cm³/mol. The molecule has 0 N–H and O–H groups in total. The van der Waals surface area contributed by atoms with Crippen molar-refractivity contribution in [3.63, 3.8) is 0 Å². The van der Waals surface area contributed by atoms with E-state index in [0.717, 1.165) is 66.1 Å². The van der Waals surface area contributed by atoms with Crippen LogP contribution >= 0.6 is 0 Å². The Kier molecular flexibility index (Phi) is 7.64. The SMILES string of the molecule is c1ccc(-c2c3ccccc3c(-c3cccc(-c4ccc5oc6cc7oc8c(-c9ccccc9)cccc8c7cc6c5c4)c3)c3cc(-c4ccc5ccccc5c4)ccc23)cc1. The molecule has 2 heteroatoms. The normalized spacial score (nSPS) is 11.9. The Bertz CT molecular complexity index is 3910. The zero-order valence-electron chi connectivity index (χ0n) is 33.6. The lowest BCUT2D eigenvalue weighted by Crippen LogP contribution is -1.92. The number of hydrogen-bond donors (Lipinski definition) is 0. The molecular formula is C60H36O2. The summed E-state index contributed by atoms with van der Waals surface area (Å²) in [5, 5.41) is 11.8. The molecule has 0 radical (unpaired) electrons. The molecule has 0 amide bonds. The van der Waals surface area contributed by atoms with Gasteiger partial charge in [0, 0.05) is 33.2 Å². The second kappa shape index (κ2) is 13.7. The van der Waals surface area contributed by atoms with Gasteiger partial charge in [-0.15, -0.1) is 0 Å². The number of rotatable bonds is 5. The van der Waals surface area contributed by atoms with E-state index in [1.807, 2.05) is 6.07 Å². The summed E-state index contributed by atoms with van der Waals surface area (Å²) in [7, 11) is 0. The van der Waals surface area contributed by atoms with Gasteiger partial charge in [-0.05, 0) is 119 Å². The molecule has 0 atom stereocenters. The summed E-state index contributed by atoms with van der Waals surface area (Å²) >= 11 is 0. The summed E-state index contributed by atoms with van der Waals surface area (Å²) in [6.07, 6.45) is 0. The fourth-order valence-corrected chi connectivity index (χ4v) is 9.90. The molecule has 0 bridgehead atoms. The van der Waals surface area contributed by atoms with Crippen LogP contribution in [-0.4, -0.2) is 0 Å². The monoisotopic (exact) mass is 788 g/mol. The van der Waals surface area contributed by atoms with E-state index < -0.39 is 0 Å². The van der Waals surface area contributed by atoms with E-state index in [1.54, 1.807) is 0 Å². The molecule has 0 saturated carbocycles. The lowest BCUT2D eigenvalue weighted by Gasteiger charge is -2.19. The van der Waals surface area contributed by atoms with Crippen molar-refractivity contribution < 1.29 is 8.83 Å². The van der Waals surface area contributed by atoms with Crippen LogP contribution in [0.15, 0.2) is 227 Å². The van der Waals surface area contributed by atoms with Gasteiger partial charge < -0.3 is 8.83 Å². The Morgan fingerprint density at radius 1 is 0.226 bits per heavy atom. The maximum Gasteiger partial charge on any atom is 0.143 e. The average Bonchev–Trinajstić information content (AvgIpc) is 3.89. The highest BCUT2D eigenvalue weighted by atomic mass is 16.3. The minimum Gasteiger partial charge on any atom is -0.456 e. The molecule has 0 fully saturated rings. The standard InChI is InChI=1S/C60H36O2/c1-3-14-38(15-4-1)46-23-12-24-50-52-35-53-51-33-44(28-30-55(51)61-56(53)36-57(52)62-60(46)50)41-19-11-20-45(32-41)59-48-22-10-9-21-47(48)58(39-16-5-2-6-17-39)49-29-27-43(34-54(49)59)42-26-25-37-13-7-8-18-40(37)31-42/h1-36H. The Hall–Kier alpha value is -8.20. The molecule has 0 saturated heterocycles.